The third-order valence-corrected chi connectivity index (χ3v) is 4.42. The van der Waals surface area contributed by atoms with Crippen LogP contribution in [0.3, 0.4) is 0 Å². The van der Waals surface area contributed by atoms with E-state index in [9.17, 15) is 0 Å². The van der Waals surface area contributed by atoms with Crippen LogP contribution >= 0.6 is 0 Å². The topological polar surface area (TPSA) is 24.9 Å². The lowest BCUT2D eigenvalue weighted by atomic mass is 9.97. The molecule has 1 aromatic heterocycles. The first kappa shape index (κ1) is 13.8. The number of fused-ring (bicyclic) bond motifs is 3. The van der Waals surface area contributed by atoms with Gasteiger partial charge in [0.25, 0.3) is 0 Å². The van der Waals surface area contributed by atoms with E-state index in [-0.39, 0.29) is 0 Å². The average Bonchev–Trinajstić information content (AvgIpc) is 2.61. The summed E-state index contributed by atoms with van der Waals surface area (Å²) in [7, 11) is 1.96. The van der Waals surface area contributed by atoms with Gasteiger partial charge in [0.1, 0.15) is 0 Å². The van der Waals surface area contributed by atoms with Crippen LogP contribution in [0, 0.1) is 6.92 Å². The number of nitrogens with one attached hydrogen (secondary N) is 1. The zero-order valence-electron chi connectivity index (χ0n) is 13.3. The molecule has 1 N–H and O–H groups in total. The van der Waals surface area contributed by atoms with Gasteiger partial charge in [-0.05, 0) is 46.8 Å². The van der Waals surface area contributed by atoms with Crippen LogP contribution in [0.1, 0.15) is 5.56 Å². The summed E-state index contributed by atoms with van der Waals surface area (Å²) in [5, 5.41) is 8.23. The Labute approximate surface area is 135 Å². The summed E-state index contributed by atoms with van der Waals surface area (Å²) in [4.78, 5) is 4.63. The normalized spacial score (nSPS) is 11.0. The third-order valence-electron chi connectivity index (χ3n) is 4.42. The van der Waals surface area contributed by atoms with Gasteiger partial charge in [0.15, 0.2) is 0 Å². The number of benzene rings is 3. The molecule has 3 aromatic carbocycles. The van der Waals surface area contributed by atoms with E-state index in [1.54, 1.807) is 0 Å². The standard InChI is InChI=1S/C21H18N2/c1-14-12-19-16(13-20(14)22-2)8-9-18-17(19)10-11-23-21(18)15-6-4-3-5-7-15/h3-13,22H,1-2H3. The van der Waals surface area contributed by atoms with Crippen LogP contribution in [0.15, 0.2) is 66.9 Å². The van der Waals surface area contributed by atoms with E-state index in [4.69, 9.17) is 0 Å². The van der Waals surface area contributed by atoms with E-state index in [0.717, 1.165) is 11.3 Å². The minimum atomic E-state index is 1.04. The van der Waals surface area contributed by atoms with Crippen molar-refractivity contribution in [3.63, 3.8) is 0 Å². The highest BCUT2D eigenvalue weighted by Gasteiger charge is 2.09. The van der Waals surface area contributed by atoms with E-state index in [1.165, 1.54) is 32.8 Å². The fourth-order valence-corrected chi connectivity index (χ4v) is 3.24. The summed E-state index contributed by atoms with van der Waals surface area (Å²) in [5.41, 5.74) is 4.63. The molecule has 0 radical (unpaired) electrons. The van der Waals surface area contributed by atoms with Gasteiger partial charge >= 0.3 is 0 Å². The van der Waals surface area contributed by atoms with Crippen LogP contribution in [-0.2, 0) is 0 Å². The summed E-state index contributed by atoms with van der Waals surface area (Å²) in [6.07, 6.45) is 1.91. The van der Waals surface area contributed by atoms with Gasteiger partial charge in [0.05, 0.1) is 5.69 Å². The number of pyridine rings is 1. The first-order chi connectivity index (χ1) is 11.3. The number of rotatable bonds is 2. The fraction of sp³-hybridized carbons (Fsp3) is 0.0952. The van der Waals surface area contributed by atoms with Crippen molar-refractivity contribution in [1.82, 2.24) is 4.98 Å². The molecule has 0 saturated carbocycles. The molecule has 2 heteroatoms. The van der Waals surface area contributed by atoms with E-state index in [2.05, 4.69) is 71.8 Å². The molecule has 0 saturated heterocycles. The molecule has 0 spiro atoms. The number of nitrogens with zero attached hydrogens (tertiary/aromatic N) is 1. The molecule has 0 bridgehead atoms. The molecule has 23 heavy (non-hydrogen) atoms. The minimum Gasteiger partial charge on any atom is -0.388 e. The van der Waals surface area contributed by atoms with Gasteiger partial charge in [-0.15, -0.1) is 0 Å². The summed E-state index contributed by atoms with van der Waals surface area (Å²) in [6.45, 7) is 2.14. The van der Waals surface area contributed by atoms with Gasteiger partial charge in [-0.1, -0.05) is 42.5 Å². The predicted molar refractivity (Wildman–Crippen MR) is 99.0 cm³/mol. The van der Waals surface area contributed by atoms with Gasteiger partial charge in [-0.25, -0.2) is 0 Å². The molecule has 0 atom stereocenters. The maximum atomic E-state index is 4.63. The molecule has 4 rings (SSSR count). The molecule has 0 aliphatic rings. The first-order valence-corrected chi connectivity index (χ1v) is 7.83. The highest BCUT2D eigenvalue weighted by molar-refractivity contribution is 6.12. The molecule has 0 unspecified atom stereocenters. The molecule has 2 nitrogen and oxygen atoms in total. The molecule has 0 fully saturated rings. The van der Waals surface area contributed by atoms with E-state index >= 15 is 0 Å². The number of hydrogen-bond donors (Lipinski definition) is 1. The van der Waals surface area contributed by atoms with Gasteiger partial charge in [-0.3, -0.25) is 4.98 Å². The summed E-state index contributed by atoms with van der Waals surface area (Å²) in [5.74, 6) is 0. The Morgan fingerprint density at radius 1 is 0.826 bits per heavy atom. The zero-order valence-corrected chi connectivity index (χ0v) is 13.3. The average molecular weight is 298 g/mol. The zero-order chi connectivity index (χ0) is 15.8. The molecular weight excluding hydrogens is 280 g/mol. The molecule has 0 amide bonds. The second kappa shape index (κ2) is 5.40. The van der Waals surface area contributed by atoms with Crippen molar-refractivity contribution in [2.75, 3.05) is 12.4 Å². The SMILES string of the molecule is CNc1cc2ccc3c(-c4ccccc4)nccc3c2cc1C. The largest absolute Gasteiger partial charge is 0.388 e. The van der Waals surface area contributed by atoms with Crippen LogP contribution < -0.4 is 5.32 Å². The third kappa shape index (κ3) is 2.23. The second-order valence-electron chi connectivity index (χ2n) is 5.82. The van der Waals surface area contributed by atoms with Gasteiger partial charge in [-0.2, -0.15) is 0 Å². The van der Waals surface area contributed by atoms with E-state index < -0.39 is 0 Å². The quantitative estimate of drug-likeness (QED) is 0.501. The smallest absolute Gasteiger partial charge is 0.0780 e. The first-order valence-electron chi connectivity index (χ1n) is 7.83. The van der Waals surface area contributed by atoms with Crippen molar-refractivity contribution < 1.29 is 0 Å². The Kier molecular flexibility index (Phi) is 3.23. The van der Waals surface area contributed by atoms with Crippen LogP contribution in [0.4, 0.5) is 5.69 Å². The molecular formula is C21H18N2. The van der Waals surface area contributed by atoms with Crippen molar-refractivity contribution >= 4 is 27.2 Å². The predicted octanol–water partition coefficient (Wildman–Crippen LogP) is 5.41. The van der Waals surface area contributed by atoms with E-state index in [0.29, 0.717) is 0 Å². The van der Waals surface area contributed by atoms with Crippen LogP contribution in [0.5, 0.6) is 0 Å². The monoisotopic (exact) mass is 298 g/mol. The summed E-state index contributed by atoms with van der Waals surface area (Å²) >= 11 is 0. The summed E-state index contributed by atoms with van der Waals surface area (Å²) < 4.78 is 0. The lowest BCUT2D eigenvalue weighted by Crippen LogP contribution is -1.92. The summed E-state index contributed by atoms with van der Waals surface area (Å²) in [6, 6.07) is 21.3. The van der Waals surface area contributed by atoms with Crippen molar-refractivity contribution in [3.8, 4) is 11.3 Å². The van der Waals surface area contributed by atoms with Crippen LogP contribution in [0.25, 0.3) is 32.8 Å². The van der Waals surface area contributed by atoms with Crippen LogP contribution in [0.2, 0.25) is 0 Å². The second-order valence-corrected chi connectivity index (χ2v) is 5.82. The maximum Gasteiger partial charge on any atom is 0.0780 e. The van der Waals surface area contributed by atoms with Gasteiger partial charge in [0.2, 0.25) is 0 Å². The number of aromatic nitrogens is 1. The maximum absolute atomic E-state index is 4.63. The highest BCUT2D eigenvalue weighted by Crippen LogP contribution is 2.33. The number of hydrogen-bond acceptors (Lipinski definition) is 2. The highest BCUT2D eigenvalue weighted by atomic mass is 14.8. The van der Waals surface area contributed by atoms with Crippen molar-refractivity contribution in [1.29, 1.82) is 0 Å². The van der Waals surface area contributed by atoms with Crippen molar-refractivity contribution in [2.24, 2.45) is 0 Å². The van der Waals surface area contributed by atoms with Crippen LogP contribution in [-0.4, -0.2) is 12.0 Å². The lowest BCUT2D eigenvalue weighted by Gasteiger charge is -2.12. The fourth-order valence-electron chi connectivity index (χ4n) is 3.24. The Balaban J connectivity index is 2.07. The van der Waals surface area contributed by atoms with Crippen molar-refractivity contribution in [3.05, 3.63) is 72.4 Å². The number of anilines is 1. The van der Waals surface area contributed by atoms with Crippen molar-refractivity contribution in [2.45, 2.75) is 6.92 Å². The molecule has 0 aliphatic heterocycles. The molecule has 112 valence electrons. The Bertz CT molecular complexity index is 1000. The number of aryl methyl sites for hydroxylation is 1. The molecule has 1 heterocycles. The lowest BCUT2D eigenvalue weighted by molar-refractivity contribution is 1.36. The molecule has 4 aromatic rings. The van der Waals surface area contributed by atoms with Gasteiger partial charge < -0.3 is 5.32 Å². The Morgan fingerprint density at radius 2 is 1.65 bits per heavy atom. The Hall–Kier alpha value is -2.87. The Morgan fingerprint density at radius 3 is 2.43 bits per heavy atom. The van der Waals surface area contributed by atoms with Gasteiger partial charge in [0, 0.05) is 29.9 Å². The van der Waals surface area contributed by atoms with E-state index in [1.807, 2.05) is 19.3 Å². The minimum absolute atomic E-state index is 1.04. The molecule has 0 aliphatic carbocycles.